The number of anilines is 1. The predicted octanol–water partition coefficient (Wildman–Crippen LogP) is 3.45. The Morgan fingerprint density at radius 2 is 1.71 bits per heavy atom. The van der Waals surface area contributed by atoms with Crippen LogP contribution in [-0.2, 0) is 4.79 Å². The maximum absolute atomic E-state index is 13.3. The van der Waals surface area contributed by atoms with E-state index in [1.165, 1.54) is 47.4 Å². The maximum atomic E-state index is 13.3. The van der Waals surface area contributed by atoms with Gasteiger partial charge in [-0.1, -0.05) is 6.07 Å². The van der Waals surface area contributed by atoms with Gasteiger partial charge in [-0.3, -0.25) is 9.59 Å². The molecule has 1 N–H and O–H groups in total. The summed E-state index contributed by atoms with van der Waals surface area (Å²) in [6.07, 6.45) is 0. The molecule has 2 aromatic carbocycles. The molecule has 0 heterocycles. The van der Waals surface area contributed by atoms with Crippen LogP contribution in [0.1, 0.15) is 24.2 Å². The highest BCUT2D eigenvalue weighted by molar-refractivity contribution is 5.99. The number of amides is 2. The zero-order valence-electron chi connectivity index (χ0n) is 13.4. The highest BCUT2D eigenvalue weighted by atomic mass is 19.1. The van der Waals surface area contributed by atoms with Gasteiger partial charge in [0.1, 0.15) is 18.2 Å². The minimum absolute atomic E-state index is 0.179. The highest BCUT2D eigenvalue weighted by Crippen LogP contribution is 2.12. The van der Waals surface area contributed by atoms with Gasteiger partial charge in [0, 0.05) is 17.3 Å². The smallest absolute Gasteiger partial charge is 0.254 e. The van der Waals surface area contributed by atoms with Crippen molar-refractivity contribution >= 4 is 17.5 Å². The molecular weight excluding hydrogens is 314 g/mol. The van der Waals surface area contributed by atoms with Crippen LogP contribution in [-0.4, -0.2) is 29.3 Å². The van der Waals surface area contributed by atoms with Crippen LogP contribution in [0.5, 0.6) is 0 Å². The van der Waals surface area contributed by atoms with Crippen LogP contribution in [0.3, 0.4) is 0 Å². The van der Waals surface area contributed by atoms with Gasteiger partial charge in [0.15, 0.2) is 0 Å². The molecule has 0 unspecified atom stereocenters. The summed E-state index contributed by atoms with van der Waals surface area (Å²) in [6, 6.07) is 10.4. The van der Waals surface area contributed by atoms with Crippen LogP contribution < -0.4 is 5.32 Å². The topological polar surface area (TPSA) is 49.4 Å². The zero-order chi connectivity index (χ0) is 17.7. The summed E-state index contributed by atoms with van der Waals surface area (Å²) in [5.74, 6) is -1.77. The van der Waals surface area contributed by atoms with E-state index in [1.54, 1.807) is 13.8 Å². The molecule has 0 saturated carbocycles. The van der Waals surface area contributed by atoms with E-state index in [9.17, 15) is 18.4 Å². The number of nitrogens with zero attached hydrogens (tertiary/aromatic N) is 1. The van der Waals surface area contributed by atoms with Gasteiger partial charge < -0.3 is 10.2 Å². The first-order valence-corrected chi connectivity index (χ1v) is 7.49. The van der Waals surface area contributed by atoms with E-state index >= 15 is 0 Å². The average molecular weight is 332 g/mol. The first-order valence-electron chi connectivity index (χ1n) is 7.49. The highest BCUT2D eigenvalue weighted by Gasteiger charge is 2.22. The monoisotopic (exact) mass is 332 g/mol. The molecule has 2 aromatic rings. The average Bonchev–Trinajstić information content (AvgIpc) is 2.54. The molecule has 0 bridgehead atoms. The second-order valence-corrected chi connectivity index (χ2v) is 5.59. The predicted molar refractivity (Wildman–Crippen MR) is 87.6 cm³/mol. The van der Waals surface area contributed by atoms with Gasteiger partial charge in [-0.15, -0.1) is 0 Å². The fourth-order valence-corrected chi connectivity index (χ4v) is 2.16. The van der Waals surface area contributed by atoms with E-state index in [0.717, 1.165) is 6.07 Å². The van der Waals surface area contributed by atoms with Gasteiger partial charge >= 0.3 is 0 Å². The largest absolute Gasteiger partial charge is 0.327 e. The van der Waals surface area contributed by atoms with E-state index in [1.807, 2.05) is 0 Å². The number of carbonyl (C=O) groups is 2. The van der Waals surface area contributed by atoms with Gasteiger partial charge in [-0.25, -0.2) is 8.78 Å². The molecule has 6 heteroatoms. The van der Waals surface area contributed by atoms with E-state index in [2.05, 4.69) is 5.32 Å². The Labute approximate surface area is 139 Å². The number of hydrogen-bond acceptors (Lipinski definition) is 2. The van der Waals surface area contributed by atoms with Gasteiger partial charge in [0.25, 0.3) is 5.91 Å². The summed E-state index contributed by atoms with van der Waals surface area (Å²) >= 11 is 0. The lowest BCUT2D eigenvalue weighted by molar-refractivity contribution is -0.117. The summed E-state index contributed by atoms with van der Waals surface area (Å²) < 4.78 is 26.2. The Kier molecular flexibility index (Phi) is 5.63. The summed E-state index contributed by atoms with van der Waals surface area (Å²) in [5, 5.41) is 2.60. The number of halogens is 2. The minimum atomic E-state index is -0.514. The van der Waals surface area contributed by atoms with E-state index < -0.39 is 23.4 Å². The van der Waals surface area contributed by atoms with Crippen molar-refractivity contribution in [2.24, 2.45) is 0 Å². The molecule has 0 aliphatic rings. The van der Waals surface area contributed by atoms with Crippen LogP contribution >= 0.6 is 0 Å². The van der Waals surface area contributed by atoms with Crippen LogP contribution in [0.2, 0.25) is 0 Å². The SMILES string of the molecule is CC(C)N(CC(=O)Nc1ccc(F)cc1)C(=O)c1cccc(F)c1. The van der Waals surface area contributed by atoms with E-state index in [4.69, 9.17) is 0 Å². The lowest BCUT2D eigenvalue weighted by atomic mass is 10.1. The Morgan fingerprint density at radius 3 is 2.29 bits per heavy atom. The van der Waals surface area contributed by atoms with E-state index in [-0.39, 0.29) is 18.2 Å². The van der Waals surface area contributed by atoms with Crippen molar-refractivity contribution in [1.29, 1.82) is 0 Å². The first-order chi connectivity index (χ1) is 11.4. The third-order valence-corrected chi connectivity index (χ3v) is 3.40. The van der Waals surface area contributed by atoms with Gasteiger partial charge in [-0.2, -0.15) is 0 Å². The number of benzene rings is 2. The molecule has 0 aliphatic carbocycles. The summed E-state index contributed by atoms with van der Waals surface area (Å²) in [7, 11) is 0. The Bertz CT molecular complexity index is 730. The zero-order valence-corrected chi connectivity index (χ0v) is 13.4. The van der Waals surface area contributed by atoms with Crippen molar-refractivity contribution in [1.82, 2.24) is 4.90 Å². The number of nitrogens with one attached hydrogen (secondary N) is 1. The Balaban J connectivity index is 2.09. The standard InChI is InChI=1S/C18H18F2N2O2/c1-12(2)22(18(24)13-4-3-5-15(20)10-13)11-17(23)21-16-8-6-14(19)7-9-16/h3-10,12H,11H2,1-2H3,(H,21,23). The molecule has 24 heavy (non-hydrogen) atoms. The molecule has 0 fully saturated rings. The van der Waals surface area contributed by atoms with Gasteiger partial charge in [-0.05, 0) is 56.3 Å². The second-order valence-electron chi connectivity index (χ2n) is 5.59. The summed E-state index contributed by atoms with van der Waals surface area (Å²) in [4.78, 5) is 26.0. The molecule has 2 amide bonds. The van der Waals surface area contributed by atoms with Crippen LogP contribution in [0, 0.1) is 11.6 Å². The fourth-order valence-electron chi connectivity index (χ4n) is 2.16. The fraction of sp³-hybridized carbons (Fsp3) is 0.222. The van der Waals surface area contributed by atoms with Crippen LogP contribution in [0.15, 0.2) is 48.5 Å². The third-order valence-electron chi connectivity index (χ3n) is 3.40. The van der Waals surface area contributed by atoms with Crippen molar-refractivity contribution in [3.63, 3.8) is 0 Å². The Hall–Kier alpha value is -2.76. The lowest BCUT2D eigenvalue weighted by Gasteiger charge is -2.26. The van der Waals surface area contributed by atoms with Crippen molar-refractivity contribution in [2.75, 3.05) is 11.9 Å². The Morgan fingerprint density at radius 1 is 1.04 bits per heavy atom. The van der Waals surface area contributed by atoms with Crippen molar-refractivity contribution in [3.05, 3.63) is 65.7 Å². The van der Waals surface area contributed by atoms with Gasteiger partial charge in [0.2, 0.25) is 5.91 Å². The van der Waals surface area contributed by atoms with Gasteiger partial charge in [0.05, 0.1) is 0 Å². The first kappa shape index (κ1) is 17.6. The molecule has 0 aliphatic heterocycles. The second kappa shape index (κ2) is 7.68. The number of carbonyl (C=O) groups excluding carboxylic acids is 2. The molecule has 0 spiro atoms. The van der Waals surface area contributed by atoms with Crippen molar-refractivity contribution in [2.45, 2.75) is 19.9 Å². The molecule has 0 saturated heterocycles. The van der Waals surface area contributed by atoms with Crippen molar-refractivity contribution < 1.29 is 18.4 Å². The minimum Gasteiger partial charge on any atom is -0.327 e. The molecule has 126 valence electrons. The molecule has 4 nitrogen and oxygen atoms in total. The maximum Gasteiger partial charge on any atom is 0.254 e. The molecular formula is C18H18F2N2O2. The summed E-state index contributed by atoms with van der Waals surface area (Å²) in [6.45, 7) is 3.34. The normalized spacial score (nSPS) is 10.5. The lowest BCUT2D eigenvalue weighted by Crippen LogP contribution is -2.42. The molecule has 2 rings (SSSR count). The number of hydrogen-bond donors (Lipinski definition) is 1. The number of rotatable bonds is 5. The summed E-state index contributed by atoms with van der Waals surface area (Å²) in [5.41, 5.74) is 0.613. The van der Waals surface area contributed by atoms with Crippen molar-refractivity contribution in [3.8, 4) is 0 Å². The quantitative estimate of drug-likeness (QED) is 0.912. The molecule has 0 aromatic heterocycles. The molecule has 0 radical (unpaired) electrons. The third kappa shape index (κ3) is 4.62. The van der Waals surface area contributed by atoms with Crippen LogP contribution in [0.25, 0.3) is 0 Å². The van der Waals surface area contributed by atoms with E-state index in [0.29, 0.717) is 5.69 Å². The molecule has 0 atom stereocenters. The van der Waals surface area contributed by atoms with Crippen LogP contribution in [0.4, 0.5) is 14.5 Å².